The van der Waals surface area contributed by atoms with E-state index in [9.17, 15) is 14.7 Å². The molecule has 4 rings (SSSR count). The van der Waals surface area contributed by atoms with Crippen molar-refractivity contribution in [2.24, 2.45) is 0 Å². The predicted molar refractivity (Wildman–Crippen MR) is 110 cm³/mol. The summed E-state index contributed by atoms with van der Waals surface area (Å²) in [5.41, 5.74) is 2.01. The monoisotopic (exact) mass is 417 g/mol. The minimum atomic E-state index is -1.11. The Morgan fingerprint density at radius 1 is 1.21 bits per heavy atom. The average Bonchev–Trinajstić information content (AvgIpc) is 2.70. The number of benzene rings is 2. The molecule has 1 atom stereocenters. The van der Waals surface area contributed by atoms with Crippen molar-refractivity contribution >= 4 is 23.5 Å². The number of aryl methyl sites for hydroxylation is 1. The van der Waals surface area contributed by atoms with Gasteiger partial charge in [0.2, 0.25) is 0 Å². The lowest BCUT2D eigenvalue weighted by molar-refractivity contribution is -0.139. The van der Waals surface area contributed by atoms with Crippen LogP contribution in [0.2, 0.25) is 5.02 Å². The van der Waals surface area contributed by atoms with Crippen molar-refractivity contribution in [3.8, 4) is 11.5 Å². The zero-order valence-electron chi connectivity index (χ0n) is 16.2. The fraction of sp³-hybridized carbons (Fsp3) is 0.364. The molecule has 2 heterocycles. The zero-order chi connectivity index (χ0) is 20.8. The van der Waals surface area contributed by atoms with Crippen LogP contribution in [0.15, 0.2) is 36.4 Å². The van der Waals surface area contributed by atoms with E-state index in [4.69, 9.17) is 21.1 Å². The number of nitrogens with one attached hydrogen (secondary N) is 1. The van der Waals surface area contributed by atoms with Crippen molar-refractivity contribution < 1.29 is 24.2 Å². The second-order valence-electron chi connectivity index (χ2n) is 7.02. The van der Waals surface area contributed by atoms with E-state index < -0.39 is 17.9 Å². The molecular weight excluding hydrogens is 394 g/mol. The van der Waals surface area contributed by atoms with Crippen LogP contribution in [0.1, 0.15) is 40.7 Å². The van der Waals surface area contributed by atoms with Gasteiger partial charge in [0.05, 0.1) is 18.7 Å². The number of hydrogen-bond donors (Lipinski definition) is 2. The summed E-state index contributed by atoms with van der Waals surface area (Å²) in [6, 6.07) is 9.35. The molecule has 0 spiro atoms. The summed E-state index contributed by atoms with van der Waals surface area (Å²) in [4.78, 5) is 24.6. The minimum Gasteiger partial charge on any atom is -0.497 e. The SMILES string of the molecule is COc1ccc2c(c1)CCCCCOc1ccc(cc1Cl)C[C@@H](C(=O)O)NC2=O. The molecule has 0 aliphatic carbocycles. The van der Waals surface area contributed by atoms with E-state index in [1.807, 2.05) is 6.07 Å². The maximum atomic E-state index is 12.9. The highest BCUT2D eigenvalue weighted by Crippen LogP contribution is 2.27. The molecule has 2 aliphatic rings. The molecule has 2 aromatic carbocycles. The molecule has 0 fully saturated rings. The Kier molecular flexibility index (Phi) is 6.99. The van der Waals surface area contributed by atoms with Gasteiger partial charge in [-0.05, 0) is 67.1 Å². The second-order valence-corrected chi connectivity index (χ2v) is 7.42. The number of ether oxygens (including phenoxy) is 2. The first-order valence-corrected chi connectivity index (χ1v) is 9.97. The Morgan fingerprint density at radius 3 is 2.76 bits per heavy atom. The van der Waals surface area contributed by atoms with Crippen LogP contribution in [0.25, 0.3) is 0 Å². The lowest BCUT2D eigenvalue weighted by Crippen LogP contribution is -2.42. The molecule has 7 heteroatoms. The van der Waals surface area contributed by atoms with Crippen LogP contribution in [0.5, 0.6) is 11.5 Å². The van der Waals surface area contributed by atoms with E-state index >= 15 is 0 Å². The Balaban J connectivity index is 1.92. The summed E-state index contributed by atoms with van der Waals surface area (Å²) >= 11 is 6.27. The molecule has 0 radical (unpaired) electrons. The number of carboxylic acid groups (broad SMARTS) is 1. The van der Waals surface area contributed by atoms with Crippen molar-refractivity contribution in [3.05, 3.63) is 58.1 Å². The topological polar surface area (TPSA) is 84.9 Å². The molecular formula is C22H24ClNO5. The summed E-state index contributed by atoms with van der Waals surface area (Å²) < 4.78 is 11.0. The third-order valence-electron chi connectivity index (χ3n) is 4.94. The number of halogens is 1. The van der Waals surface area contributed by atoms with E-state index in [2.05, 4.69) is 5.32 Å². The van der Waals surface area contributed by atoms with Crippen molar-refractivity contribution in [1.82, 2.24) is 5.32 Å². The van der Waals surface area contributed by atoms with Gasteiger partial charge in [0, 0.05) is 12.0 Å². The van der Waals surface area contributed by atoms with Crippen molar-refractivity contribution in [2.45, 2.75) is 38.1 Å². The van der Waals surface area contributed by atoms with Gasteiger partial charge in [-0.3, -0.25) is 4.79 Å². The van der Waals surface area contributed by atoms with E-state index in [1.54, 1.807) is 37.4 Å². The van der Waals surface area contributed by atoms with Gasteiger partial charge in [-0.25, -0.2) is 4.79 Å². The molecule has 0 saturated heterocycles. The van der Waals surface area contributed by atoms with Crippen molar-refractivity contribution in [1.29, 1.82) is 0 Å². The van der Waals surface area contributed by atoms with Gasteiger partial charge in [0.25, 0.3) is 5.91 Å². The maximum Gasteiger partial charge on any atom is 0.326 e. The Hall–Kier alpha value is -2.73. The number of carbonyl (C=O) groups excluding carboxylic acids is 1. The van der Waals surface area contributed by atoms with Gasteiger partial charge in [0.15, 0.2) is 0 Å². The quantitative estimate of drug-likeness (QED) is 0.774. The highest BCUT2D eigenvalue weighted by Gasteiger charge is 2.23. The molecule has 2 N–H and O–H groups in total. The summed E-state index contributed by atoms with van der Waals surface area (Å²) in [6.45, 7) is 0.544. The first kappa shape index (κ1) is 21.0. The largest absolute Gasteiger partial charge is 0.497 e. The Morgan fingerprint density at radius 2 is 2.03 bits per heavy atom. The molecule has 6 nitrogen and oxygen atoms in total. The van der Waals surface area contributed by atoms with Gasteiger partial charge in [-0.2, -0.15) is 0 Å². The van der Waals surface area contributed by atoms with Gasteiger partial charge in [0.1, 0.15) is 17.5 Å². The highest BCUT2D eigenvalue weighted by atomic mass is 35.5. The number of carboxylic acids is 1. The first-order valence-electron chi connectivity index (χ1n) is 9.59. The summed E-state index contributed by atoms with van der Waals surface area (Å²) in [6.07, 6.45) is 3.46. The highest BCUT2D eigenvalue weighted by molar-refractivity contribution is 6.32. The van der Waals surface area contributed by atoms with Crippen molar-refractivity contribution in [3.63, 3.8) is 0 Å². The second kappa shape index (κ2) is 9.65. The number of aliphatic carboxylic acids is 1. The summed E-state index contributed by atoms with van der Waals surface area (Å²) in [7, 11) is 1.57. The van der Waals surface area contributed by atoms with E-state index in [1.165, 1.54) is 0 Å². The van der Waals surface area contributed by atoms with Crippen molar-refractivity contribution in [2.75, 3.05) is 13.7 Å². The van der Waals surface area contributed by atoms with E-state index in [-0.39, 0.29) is 6.42 Å². The molecule has 154 valence electrons. The molecule has 0 saturated carbocycles. The fourth-order valence-electron chi connectivity index (χ4n) is 3.36. The van der Waals surface area contributed by atoms with Crippen LogP contribution in [0.4, 0.5) is 0 Å². The van der Waals surface area contributed by atoms with Crippen LogP contribution in [-0.4, -0.2) is 36.7 Å². The Bertz CT molecular complexity index is 899. The number of fused-ring (bicyclic) bond motifs is 10. The van der Waals surface area contributed by atoms with Gasteiger partial charge in [-0.1, -0.05) is 17.7 Å². The molecule has 29 heavy (non-hydrogen) atoms. The maximum absolute atomic E-state index is 12.9. The zero-order valence-corrected chi connectivity index (χ0v) is 17.0. The minimum absolute atomic E-state index is 0.118. The molecule has 2 aromatic rings. The summed E-state index contributed by atoms with van der Waals surface area (Å²) in [5, 5.41) is 12.7. The van der Waals surface area contributed by atoms with Crippen LogP contribution in [0, 0.1) is 0 Å². The molecule has 0 unspecified atom stereocenters. The van der Waals surface area contributed by atoms with Crippen LogP contribution in [-0.2, 0) is 17.6 Å². The van der Waals surface area contributed by atoms with Crippen LogP contribution in [0.3, 0.4) is 0 Å². The fourth-order valence-corrected chi connectivity index (χ4v) is 3.62. The number of methoxy groups -OCH3 is 1. The van der Waals surface area contributed by atoms with Crippen LogP contribution >= 0.6 is 11.6 Å². The number of rotatable bonds is 2. The van der Waals surface area contributed by atoms with Gasteiger partial charge >= 0.3 is 5.97 Å². The standard InChI is InChI=1S/C22H24ClNO5/c1-28-16-7-8-17-15(13-16)5-3-2-4-10-29-20-9-6-14(11-18(20)23)12-19(22(26)27)24-21(17)25/h6-9,11,13,19H,2-5,10,12H2,1H3,(H,24,25)(H,26,27)/t19-/m0/s1. The normalized spacial score (nSPS) is 17.7. The molecule has 0 aromatic heterocycles. The van der Waals surface area contributed by atoms with Crippen LogP contribution < -0.4 is 14.8 Å². The lowest BCUT2D eigenvalue weighted by Gasteiger charge is -2.18. The Labute approximate surface area is 174 Å². The third kappa shape index (κ3) is 5.41. The first-order chi connectivity index (χ1) is 14.0. The lowest BCUT2D eigenvalue weighted by atomic mass is 9.99. The summed E-state index contributed by atoms with van der Waals surface area (Å²) in [5.74, 6) is -0.272. The third-order valence-corrected chi connectivity index (χ3v) is 5.24. The average molecular weight is 418 g/mol. The predicted octanol–water partition coefficient (Wildman–Crippen LogP) is 3.88. The van der Waals surface area contributed by atoms with E-state index in [0.29, 0.717) is 40.7 Å². The molecule has 1 amide bonds. The van der Waals surface area contributed by atoms with Gasteiger partial charge in [-0.15, -0.1) is 0 Å². The molecule has 2 aliphatic heterocycles. The number of hydrogen-bond acceptors (Lipinski definition) is 4. The molecule has 2 bridgehead atoms. The number of carbonyl (C=O) groups is 2. The van der Waals surface area contributed by atoms with Gasteiger partial charge < -0.3 is 19.9 Å². The van der Waals surface area contributed by atoms with E-state index in [0.717, 1.165) is 24.8 Å². The number of amides is 1. The smallest absolute Gasteiger partial charge is 0.326 e.